The summed E-state index contributed by atoms with van der Waals surface area (Å²) in [6, 6.07) is 0. The van der Waals surface area contributed by atoms with Crippen molar-refractivity contribution in [2.45, 2.75) is 78.5 Å². The molecule has 0 bridgehead atoms. The molecular formula is C17H30N2OS. The molecule has 1 N–H and O–H groups in total. The molecule has 1 heterocycles. The lowest BCUT2D eigenvalue weighted by Crippen LogP contribution is -2.35. The molecule has 1 aromatic rings. The van der Waals surface area contributed by atoms with Gasteiger partial charge in [-0.25, -0.2) is 4.98 Å². The van der Waals surface area contributed by atoms with Crippen LogP contribution in [-0.4, -0.2) is 17.1 Å². The summed E-state index contributed by atoms with van der Waals surface area (Å²) in [7, 11) is 0. The Morgan fingerprint density at radius 3 is 2.48 bits per heavy atom. The first-order chi connectivity index (χ1) is 9.81. The molecule has 0 saturated heterocycles. The summed E-state index contributed by atoms with van der Waals surface area (Å²) in [5.74, 6) is 1.16. The van der Waals surface area contributed by atoms with Crippen LogP contribution in [0.1, 0.15) is 82.0 Å². The predicted molar refractivity (Wildman–Crippen MR) is 89.9 cm³/mol. The van der Waals surface area contributed by atoms with E-state index in [1.807, 2.05) is 11.3 Å². The van der Waals surface area contributed by atoms with Crippen LogP contribution in [0.25, 0.3) is 0 Å². The molecule has 120 valence electrons. The van der Waals surface area contributed by atoms with Gasteiger partial charge < -0.3 is 10.1 Å². The van der Waals surface area contributed by atoms with Crippen LogP contribution in [0.15, 0.2) is 0 Å². The second-order valence-electron chi connectivity index (χ2n) is 7.33. The highest BCUT2D eigenvalue weighted by molar-refractivity contribution is 7.11. The molecule has 0 radical (unpaired) electrons. The van der Waals surface area contributed by atoms with Crippen LogP contribution < -0.4 is 5.32 Å². The molecule has 0 amide bonds. The van der Waals surface area contributed by atoms with Gasteiger partial charge >= 0.3 is 0 Å². The largest absolute Gasteiger partial charge is 0.371 e. The van der Waals surface area contributed by atoms with Crippen molar-refractivity contribution < 1.29 is 4.74 Å². The van der Waals surface area contributed by atoms with Crippen molar-refractivity contribution in [2.24, 2.45) is 5.92 Å². The number of thiazole rings is 1. The molecule has 1 aliphatic carbocycles. The predicted octanol–water partition coefficient (Wildman–Crippen LogP) is 4.64. The van der Waals surface area contributed by atoms with E-state index in [0.717, 1.165) is 13.2 Å². The minimum Gasteiger partial charge on any atom is -0.371 e. The molecular weight excluding hydrogens is 280 g/mol. The normalized spacial score (nSPS) is 17.5. The Bertz CT molecular complexity index is 458. The standard InChI is InChI=1S/C17H30N2OS/c1-7-20-15(12-8-9-12)16-19-14(11(2)3)13(21-16)10-18-17(4,5)6/h11-12,15,18H,7-10H2,1-6H3. The zero-order valence-electron chi connectivity index (χ0n) is 14.3. The topological polar surface area (TPSA) is 34.1 Å². The number of ether oxygens (including phenoxy) is 1. The van der Waals surface area contributed by atoms with E-state index < -0.39 is 0 Å². The first-order valence-electron chi connectivity index (χ1n) is 8.18. The van der Waals surface area contributed by atoms with Gasteiger partial charge in [0, 0.05) is 23.6 Å². The molecule has 2 rings (SSSR count). The second kappa shape index (κ2) is 6.76. The van der Waals surface area contributed by atoms with E-state index in [4.69, 9.17) is 9.72 Å². The molecule has 1 saturated carbocycles. The third kappa shape index (κ3) is 4.76. The third-order valence-corrected chi connectivity index (χ3v) is 4.84. The van der Waals surface area contributed by atoms with Gasteiger partial charge in [0.1, 0.15) is 11.1 Å². The lowest BCUT2D eigenvalue weighted by Gasteiger charge is -2.20. The summed E-state index contributed by atoms with van der Waals surface area (Å²) in [5.41, 5.74) is 1.38. The second-order valence-corrected chi connectivity index (χ2v) is 8.45. The highest BCUT2D eigenvalue weighted by Crippen LogP contribution is 2.45. The van der Waals surface area contributed by atoms with Crippen molar-refractivity contribution in [2.75, 3.05) is 6.61 Å². The van der Waals surface area contributed by atoms with Crippen LogP contribution in [-0.2, 0) is 11.3 Å². The minimum absolute atomic E-state index is 0.133. The Morgan fingerprint density at radius 1 is 1.33 bits per heavy atom. The van der Waals surface area contributed by atoms with E-state index in [2.05, 4.69) is 46.9 Å². The maximum atomic E-state index is 5.97. The number of nitrogens with zero attached hydrogens (tertiary/aromatic N) is 1. The molecule has 1 aromatic heterocycles. The van der Waals surface area contributed by atoms with Crippen molar-refractivity contribution in [3.63, 3.8) is 0 Å². The zero-order chi connectivity index (χ0) is 15.6. The lowest BCUT2D eigenvalue weighted by molar-refractivity contribution is 0.0461. The molecule has 1 aliphatic rings. The maximum Gasteiger partial charge on any atom is 0.122 e. The Morgan fingerprint density at radius 2 is 2.00 bits per heavy atom. The van der Waals surface area contributed by atoms with Crippen molar-refractivity contribution in [3.8, 4) is 0 Å². The highest BCUT2D eigenvalue weighted by atomic mass is 32.1. The van der Waals surface area contributed by atoms with Crippen LogP contribution in [0.4, 0.5) is 0 Å². The number of hydrogen-bond acceptors (Lipinski definition) is 4. The number of rotatable bonds is 7. The molecule has 0 aliphatic heterocycles. The van der Waals surface area contributed by atoms with Crippen LogP contribution in [0.5, 0.6) is 0 Å². The van der Waals surface area contributed by atoms with E-state index in [0.29, 0.717) is 11.8 Å². The number of aromatic nitrogens is 1. The molecule has 0 aromatic carbocycles. The smallest absolute Gasteiger partial charge is 0.122 e. The Kier molecular flexibility index (Phi) is 5.44. The van der Waals surface area contributed by atoms with Gasteiger partial charge in [-0.05, 0) is 52.4 Å². The van der Waals surface area contributed by atoms with Crippen molar-refractivity contribution >= 4 is 11.3 Å². The molecule has 1 unspecified atom stereocenters. The highest BCUT2D eigenvalue weighted by Gasteiger charge is 2.35. The fourth-order valence-electron chi connectivity index (χ4n) is 2.41. The van der Waals surface area contributed by atoms with Crippen LogP contribution in [0, 0.1) is 5.92 Å². The summed E-state index contributed by atoms with van der Waals surface area (Å²) in [4.78, 5) is 6.32. The maximum absolute atomic E-state index is 5.97. The van der Waals surface area contributed by atoms with Gasteiger partial charge in [0.15, 0.2) is 0 Å². The number of nitrogens with one attached hydrogen (secondary N) is 1. The van der Waals surface area contributed by atoms with Crippen molar-refractivity contribution in [1.29, 1.82) is 0 Å². The Balaban J connectivity index is 2.19. The van der Waals surface area contributed by atoms with Crippen molar-refractivity contribution in [3.05, 3.63) is 15.6 Å². The Labute approximate surface area is 133 Å². The summed E-state index contributed by atoms with van der Waals surface area (Å²) in [6.07, 6.45) is 2.80. The molecule has 1 atom stereocenters. The Hall–Kier alpha value is -0.450. The first kappa shape index (κ1) is 16.9. The van der Waals surface area contributed by atoms with Gasteiger partial charge in [-0.15, -0.1) is 11.3 Å². The fourth-order valence-corrected chi connectivity index (χ4v) is 3.72. The van der Waals surface area contributed by atoms with Gasteiger partial charge in [0.05, 0.1) is 5.69 Å². The average molecular weight is 311 g/mol. The summed E-state index contributed by atoms with van der Waals surface area (Å²) in [6.45, 7) is 14.8. The van der Waals surface area contributed by atoms with E-state index in [-0.39, 0.29) is 11.6 Å². The molecule has 4 heteroatoms. The van der Waals surface area contributed by atoms with E-state index >= 15 is 0 Å². The molecule has 0 spiro atoms. The SMILES string of the molecule is CCOC(c1nc(C(C)C)c(CNC(C)(C)C)s1)C1CC1. The summed E-state index contributed by atoms with van der Waals surface area (Å²) < 4.78 is 5.97. The zero-order valence-corrected chi connectivity index (χ0v) is 15.1. The lowest BCUT2D eigenvalue weighted by atomic mass is 10.1. The van der Waals surface area contributed by atoms with Gasteiger partial charge in [0.2, 0.25) is 0 Å². The van der Waals surface area contributed by atoms with Gasteiger partial charge in [0.25, 0.3) is 0 Å². The van der Waals surface area contributed by atoms with Crippen molar-refractivity contribution in [1.82, 2.24) is 10.3 Å². The van der Waals surface area contributed by atoms with Crippen LogP contribution in [0.3, 0.4) is 0 Å². The van der Waals surface area contributed by atoms with Crippen LogP contribution in [0.2, 0.25) is 0 Å². The fraction of sp³-hybridized carbons (Fsp3) is 0.824. The molecule has 21 heavy (non-hydrogen) atoms. The average Bonchev–Trinajstić information content (AvgIpc) is 3.11. The molecule has 3 nitrogen and oxygen atoms in total. The van der Waals surface area contributed by atoms with Gasteiger partial charge in [-0.2, -0.15) is 0 Å². The van der Waals surface area contributed by atoms with Crippen LogP contribution >= 0.6 is 11.3 Å². The van der Waals surface area contributed by atoms with E-state index in [1.165, 1.54) is 28.4 Å². The van der Waals surface area contributed by atoms with Gasteiger partial charge in [-0.1, -0.05) is 13.8 Å². The monoisotopic (exact) mass is 310 g/mol. The number of hydrogen-bond donors (Lipinski definition) is 1. The molecule has 1 fully saturated rings. The van der Waals surface area contributed by atoms with Gasteiger partial charge in [-0.3, -0.25) is 0 Å². The summed E-state index contributed by atoms with van der Waals surface area (Å²) in [5, 5.41) is 4.78. The minimum atomic E-state index is 0.133. The summed E-state index contributed by atoms with van der Waals surface area (Å²) >= 11 is 1.85. The third-order valence-electron chi connectivity index (χ3n) is 3.71. The quantitative estimate of drug-likeness (QED) is 0.796. The van der Waals surface area contributed by atoms with E-state index in [1.54, 1.807) is 0 Å². The first-order valence-corrected chi connectivity index (χ1v) is 8.99. The van der Waals surface area contributed by atoms with E-state index in [9.17, 15) is 0 Å².